The van der Waals surface area contributed by atoms with Crippen LogP contribution in [0.25, 0.3) is 0 Å². The van der Waals surface area contributed by atoms with E-state index in [0.717, 1.165) is 55.2 Å². The number of amides is 4. The summed E-state index contributed by atoms with van der Waals surface area (Å²) in [6.07, 6.45) is 8.94. The van der Waals surface area contributed by atoms with Gasteiger partial charge in [-0.25, -0.2) is 9.00 Å². The van der Waals surface area contributed by atoms with Gasteiger partial charge in [-0.3, -0.25) is 24.0 Å². The molecule has 2 aromatic carbocycles. The molecule has 0 spiro atoms. The van der Waals surface area contributed by atoms with E-state index in [4.69, 9.17) is 22.1 Å². The Bertz CT molecular complexity index is 1720. The summed E-state index contributed by atoms with van der Waals surface area (Å²) in [7, 11) is -1.67. The molecule has 13 heteroatoms. The standard InChI is InChI=1S/C37H44ClN5O6S/c38-29-14-9-12-25-21-42(23-28(25)29)35(47)49-27-18-31-32(44)40-37(34(46)41-50(48)36(16-17-36)19-24-10-5-4-6-11-24)20-26(37)13-7-2-1-3-8-15-30(39)33(45)43(31)22-27/h4-7,9-14,26-27,30-31H,1-3,8,15-23,39H2,(H,40,44)(H,41,46)/b13-7-. The van der Waals surface area contributed by atoms with Crippen LogP contribution in [0.2, 0.25) is 5.02 Å². The molecule has 6 atom stereocenters. The molecule has 0 aromatic heterocycles. The van der Waals surface area contributed by atoms with Gasteiger partial charge >= 0.3 is 6.09 Å². The lowest BCUT2D eigenvalue weighted by Crippen LogP contribution is -2.57. The third-order valence-electron chi connectivity index (χ3n) is 10.9. The number of benzene rings is 2. The van der Waals surface area contributed by atoms with Crippen LogP contribution in [-0.2, 0) is 49.6 Å². The van der Waals surface area contributed by atoms with Gasteiger partial charge in [-0.05, 0) is 67.7 Å². The van der Waals surface area contributed by atoms with Crippen molar-refractivity contribution in [2.75, 3.05) is 6.54 Å². The lowest BCUT2D eigenvalue weighted by molar-refractivity contribution is -0.140. The molecule has 3 aliphatic heterocycles. The minimum absolute atomic E-state index is 0.00640. The first-order chi connectivity index (χ1) is 24.1. The molecule has 6 unspecified atom stereocenters. The number of fused-ring (bicyclic) bond motifs is 3. The van der Waals surface area contributed by atoms with Crippen molar-refractivity contribution in [2.45, 2.75) is 106 Å². The van der Waals surface area contributed by atoms with E-state index in [1.807, 2.05) is 54.6 Å². The minimum atomic E-state index is -1.67. The first-order valence-corrected chi connectivity index (χ1v) is 19.1. The topological polar surface area (TPSA) is 151 Å². The number of hydrogen-bond donors (Lipinski definition) is 3. The third kappa shape index (κ3) is 7.07. The molecule has 266 valence electrons. The fourth-order valence-electron chi connectivity index (χ4n) is 7.61. The van der Waals surface area contributed by atoms with Crippen LogP contribution in [0.15, 0.2) is 60.7 Å². The summed E-state index contributed by atoms with van der Waals surface area (Å²) in [6, 6.07) is 13.5. The van der Waals surface area contributed by atoms with Crippen LogP contribution in [0.4, 0.5) is 4.79 Å². The van der Waals surface area contributed by atoms with E-state index < -0.39 is 57.4 Å². The minimum Gasteiger partial charge on any atom is -0.444 e. The third-order valence-corrected chi connectivity index (χ3v) is 13.0. The van der Waals surface area contributed by atoms with E-state index in [2.05, 4.69) is 10.0 Å². The Morgan fingerprint density at radius 2 is 1.86 bits per heavy atom. The number of nitrogens with two attached hydrogens (primary N) is 1. The van der Waals surface area contributed by atoms with Crippen molar-refractivity contribution >= 4 is 46.4 Å². The predicted molar refractivity (Wildman–Crippen MR) is 189 cm³/mol. The molecule has 0 bridgehead atoms. The quantitative estimate of drug-likeness (QED) is 0.381. The molecule has 4 N–H and O–H groups in total. The molecule has 2 aliphatic carbocycles. The molecule has 4 amide bonds. The van der Waals surface area contributed by atoms with Crippen LogP contribution in [0.3, 0.4) is 0 Å². The highest BCUT2D eigenvalue weighted by molar-refractivity contribution is 7.85. The van der Waals surface area contributed by atoms with Crippen molar-refractivity contribution in [3.63, 3.8) is 0 Å². The second-order valence-corrected chi connectivity index (χ2v) is 16.5. The van der Waals surface area contributed by atoms with Crippen LogP contribution in [0, 0.1) is 5.92 Å². The maximum Gasteiger partial charge on any atom is 0.410 e. The highest BCUT2D eigenvalue weighted by Crippen LogP contribution is 2.48. The van der Waals surface area contributed by atoms with Crippen LogP contribution < -0.4 is 15.8 Å². The van der Waals surface area contributed by atoms with Gasteiger partial charge in [-0.1, -0.05) is 79.1 Å². The average molecular weight is 722 g/mol. The molecule has 1 saturated heterocycles. The van der Waals surface area contributed by atoms with E-state index in [0.29, 0.717) is 37.4 Å². The van der Waals surface area contributed by atoms with Crippen molar-refractivity contribution in [1.82, 2.24) is 19.8 Å². The zero-order chi connectivity index (χ0) is 35.0. The molecule has 11 nitrogen and oxygen atoms in total. The molecule has 3 fully saturated rings. The van der Waals surface area contributed by atoms with Crippen LogP contribution >= 0.6 is 11.6 Å². The molecule has 0 radical (unpaired) electrons. The van der Waals surface area contributed by atoms with Crippen LogP contribution in [0.1, 0.15) is 74.5 Å². The van der Waals surface area contributed by atoms with Gasteiger partial charge in [0, 0.05) is 23.9 Å². The number of allylic oxidation sites excluding steroid dienone is 1. The van der Waals surface area contributed by atoms with Gasteiger partial charge in [0.25, 0.3) is 5.91 Å². The Kier molecular flexibility index (Phi) is 9.79. The average Bonchev–Trinajstić information content (AvgIpc) is 3.91. The summed E-state index contributed by atoms with van der Waals surface area (Å²) in [5.41, 5.74) is 7.93. The molecule has 5 aliphatic rings. The number of nitrogens with one attached hydrogen (secondary N) is 2. The molecular formula is C37H44ClN5O6S. The Labute approximate surface area is 299 Å². The van der Waals surface area contributed by atoms with E-state index >= 15 is 0 Å². The Balaban J connectivity index is 1.07. The normalized spacial score (nSPS) is 30.0. The maximum absolute atomic E-state index is 14.2. The summed E-state index contributed by atoms with van der Waals surface area (Å²) >= 11 is 6.35. The fraction of sp³-hybridized carbons (Fsp3) is 0.514. The van der Waals surface area contributed by atoms with Crippen molar-refractivity contribution < 1.29 is 28.1 Å². The molecule has 2 saturated carbocycles. The predicted octanol–water partition coefficient (Wildman–Crippen LogP) is 4.04. The monoisotopic (exact) mass is 721 g/mol. The Morgan fingerprint density at radius 1 is 1.06 bits per heavy atom. The van der Waals surface area contributed by atoms with E-state index in [1.54, 1.807) is 11.0 Å². The van der Waals surface area contributed by atoms with Gasteiger partial charge in [0.15, 0.2) is 0 Å². The number of carbonyl (C=O) groups excluding carboxylic acids is 4. The fourth-order valence-corrected chi connectivity index (χ4v) is 9.20. The number of hydrogen-bond acceptors (Lipinski definition) is 7. The van der Waals surface area contributed by atoms with Gasteiger partial charge in [-0.2, -0.15) is 0 Å². The lowest BCUT2D eigenvalue weighted by atomic mass is 10.1. The van der Waals surface area contributed by atoms with Crippen molar-refractivity contribution in [3.05, 3.63) is 82.4 Å². The highest BCUT2D eigenvalue weighted by atomic mass is 35.5. The van der Waals surface area contributed by atoms with Gasteiger partial charge < -0.3 is 20.7 Å². The molecular weight excluding hydrogens is 678 g/mol. The lowest BCUT2D eigenvalue weighted by Gasteiger charge is -2.28. The first kappa shape index (κ1) is 34.7. The van der Waals surface area contributed by atoms with Gasteiger partial charge in [0.1, 0.15) is 28.7 Å². The first-order valence-electron chi connectivity index (χ1n) is 17.6. The number of rotatable bonds is 6. The van der Waals surface area contributed by atoms with Crippen LogP contribution in [-0.4, -0.2) is 72.8 Å². The van der Waals surface area contributed by atoms with Crippen molar-refractivity contribution in [1.29, 1.82) is 0 Å². The van der Waals surface area contributed by atoms with Gasteiger partial charge in [0.05, 0.1) is 23.9 Å². The molecule has 7 rings (SSSR count). The van der Waals surface area contributed by atoms with E-state index in [-0.39, 0.29) is 24.8 Å². The number of nitrogens with zero attached hydrogens (tertiary/aromatic N) is 2. The zero-order valence-corrected chi connectivity index (χ0v) is 29.6. The maximum atomic E-state index is 14.2. The summed E-state index contributed by atoms with van der Waals surface area (Å²) < 4.78 is 21.8. The van der Waals surface area contributed by atoms with E-state index in [9.17, 15) is 23.4 Å². The summed E-state index contributed by atoms with van der Waals surface area (Å²) in [5.74, 6) is -1.70. The molecule has 50 heavy (non-hydrogen) atoms. The SMILES string of the molecule is NC1CCCCC/C=C\C2CC2(C(=O)NS(=O)C2(Cc3ccccc3)CC2)NC(=O)C2CC(OC(=O)N3Cc4cccc(Cl)c4C3)CN2C1=O. The number of halogens is 1. The summed E-state index contributed by atoms with van der Waals surface area (Å²) in [5, 5.41) is 3.56. The largest absolute Gasteiger partial charge is 0.444 e. The van der Waals surface area contributed by atoms with Gasteiger partial charge in [0.2, 0.25) is 11.8 Å². The Hall–Kier alpha value is -3.74. The second-order valence-electron chi connectivity index (χ2n) is 14.5. The van der Waals surface area contributed by atoms with E-state index in [1.165, 1.54) is 4.90 Å². The summed E-state index contributed by atoms with van der Waals surface area (Å²) in [6.45, 7) is 0.657. The number of ether oxygens (including phenoxy) is 1. The van der Waals surface area contributed by atoms with Crippen molar-refractivity contribution in [3.8, 4) is 0 Å². The highest BCUT2D eigenvalue weighted by Gasteiger charge is 2.62. The Morgan fingerprint density at radius 3 is 2.62 bits per heavy atom. The zero-order valence-electron chi connectivity index (χ0n) is 28.0. The number of carbonyl (C=O) groups is 4. The second kappa shape index (κ2) is 14.1. The summed E-state index contributed by atoms with van der Waals surface area (Å²) in [4.78, 5) is 58.1. The molecule has 3 heterocycles. The smallest absolute Gasteiger partial charge is 0.410 e. The van der Waals surface area contributed by atoms with Crippen molar-refractivity contribution in [2.24, 2.45) is 11.7 Å². The van der Waals surface area contributed by atoms with Crippen LogP contribution in [0.5, 0.6) is 0 Å². The van der Waals surface area contributed by atoms with Gasteiger partial charge in [-0.15, -0.1) is 0 Å². The molecule has 2 aromatic rings.